The van der Waals surface area contributed by atoms with Gasteiger partial charge in [0.15, 0.2) is 0 Å². The number of hydrogen-bond donors (Lipinski definition) is 2. The molecule has 0 fully saturated rings. The molecule has 1 aromatic carbocycles. The number of nitrogens with one attached hydrogen (secondary N) is 2. The lowest BCUT2D eigenvalue weighted by Crippen LogP contribution is -2.37. The lowest BCUT2D eigenvalue weighted by molar-refractivity contribution is -0.122. The van der Waals surface area contributed by atoms with Crippen molar-refractivity contribution in [2.75, 3.05) is 11.9 Å². The number of fused-ring (bicyclic) bond motifs is 1. The summed E-state index contributed by atoms with van der Waals surface area (Å²) in [4.78, 5) is 12.5. The summed E-state index contributed by atoms with van der Waals surface area (Å²) in [5.74, 6) is 0.137. The second kappa shape index (κ2) is 5.86. The number of rotatable bonds is 3. The SMILES string of the molecule is CC1CC(C(=O)NCCC(C)(C)C)c2ccccc2N1. The summed E-state index contributed by atoms with van der Waals surface area (Å²) >= 11 is 0. The van der Waals surface area contributed by atoms with E-state index in [1.54, 1.807) is 0 Å². The van der Waals surface area contributed by atoms with Crippen molar-refractivity contribution in [3.8, 4) is 0 Å². The van der Waals surface area contributed by atoms with E-state index in [0.717, 1.165) is 30.6 Å². The summed E-state index contributed by atoms with van der Waals surface area (Å²) in [6.07, 6.45) is 1.86. The van der Waals surface area contributed by atoms with Crippen LogP contribution in [0.5, 0.6) is 0 Å². The number of anilines is 1. The van der Waals surface area contributed by atoms with E-state index in [0.29, 0.717) is 6.04 Å². The fourth-order valence-corrected chi connectivity index (χ4v) is 2.67. The van der Waals surface area contributed by atoms with Crippen molar-refractivity contribution in [1.29, 1.82) is 0 Å². The van der Waals surface area contributed by atoms with Gasteiger partial charge in [0, 0.05) is 18.3 Å². The highest BCUT2D eigenvalue weighted by Crippen LogP contribution is 2.34. The Labute approximate surface area is 122 Å². The second-order valence-electron chi connectivity index (χ2n) is 7.02. The summed E-state index contributed by atoms with van der Waals surface area (Å²) in [6.45, 7) is 9.47. The zero-order valence-electron chi connectivity index (χ0n) is 13.0. The third kappa shape index (κ3) is 3.75. The topological polar surface area (TPSA) is 41.1 Å². The first-order chi connectivity index (χ1) is 9.37. The van der Waals surface area contributed by atoms with Crippen LogP contribution >= 0.6 is 0 Å². The molecule has 1 aliphatic rings. The Bertz CT molecular complexity index is 476. The van der Waals surface area contributed by atoms with Crippen molar-refractivity contribution < 1.29 is 4.79 Å². The van der Waals surface area contributed by atoms with Crippen LogP contribution in [0.4, 0.5) is 5.69 Å². The third-order valence-electron chi connectivity index (χ3n) is 3.82. The van der Waals surface area contributed by atoms with Crippen LogP contribution in [-0.2, 0) is 4.79 Å². The van der Waals surface area contributed by atoms with E-state index >= 15 is 0 Å². The maximum absolute atomic E-state index is 12.5. The molecule has 0 saturated carbocycles. The summed E-state index contributed by atoms with van der Waals surface area (Å²) in [5.41, 5.74) is 2.48. The quantitative estimate of drug-likeness (QED) is 0.885. The average Bonchev–Trinajstić information content (AvgIpc) is 2.36. The van der Waals surface area contributed by atoms with E-state index in [4.69, 9.17) is 0 Å². The normalized spacial score (nSPS) is 21.8. The van der Waals surface area contributed by atoms with Gasteiger partial charge in [-0.05, 0) is 36.8 Å². The number of carbonyl (C=O) groups excluding carboxylic acids is 1. The molecule has 1 aliphatic heterocycles. The van der Waals surface area contributed by atoms with Crippen molar-refractivity contribution in [1.82, 2.24) is 5.32 Å². The van der Waals surface area contributed by atoms with Crippen molar-refractivity contribution in [2.45, 2.75) is 52.5 Å². The molecule has 2 rings (SSSR count). The van der Waals surface area contributed by atoms with E-state index < -0.39 is 0 Å². The monoisotopic (exact) mass is 274 g/mol. The molecule has 3 nitrogen and oxygen atoms in total. The highest BCUT2D eigenvalue weighted by molar-refractivity contribution is 5.86. The maximum Gasteiger partial charge on any atom is 0.227 e. The van der Waals surface area contributed by atoms with Gasteiger partial charge < -0.3 is 10.6 Å². The molecule has 1 aromatic rings. The fraction of sp³-hybridized carbons (Fsp3) is 0.588. The van der Waals surface area contributed by atoms with Crippen LogP contribution in [0.1, 0.15) is 52.0 Å². The van der Waals surface area contributed by atoms with Crippen LogP contribution in [0.3, 0.4) is 0 Å². The molecule has 0 aromatic heterocycles. The predicted octanol–water partition coefficient (Wildman–Crippen LogP) is 3.53. The smallest absolute Gasteiger partial charge is 0.227 e. The highest BCUT2D eigenvalue weighted by atomic mass is 16.1. The van der Waals surface area contributed by atoms with Crippen molar-refractivity contribution >= 4 is 11.6 Å². The van der Waals surface area contributed by atoms with Crippen LogP contribution in [0, 0.1) is 5.41 Å². The third-order valence-corrected chi connectivity index (χ3v) is 3.82. The largest absolute Gasteiger partial charge is 0.382 e. The molecule has 110 valence electrons. The Balaban J connectivity index is 2.03. The standard InChI is InChI=1S/C17H26N2O/c1-12-11-14(13-7-5-6-8-15(13)19-12)16(20)18-10-9-17(2,3)4/h5-8,12,14,19H,9-11H2,1-4H3,(H,18,20). The van der Waals surface area contributed by atoms with Gasteiger partial charge in [-0.1, -0.05) is 39.0 Å². The molecule has 1 amide bonds. The van der Waals surface area contributed by atoms with Gasteiger partial charge in [-0.3, -0.25) is 4.79 Å². The van der Waals surface area contributed by atoms with Crippen LogP contribution in [0.2, 0.25) is 0 Å². The van der Waals surface area contributed by atoms with E-state index in [1.165, 1.54) is 0 Å². The van der Waals surface area contributed by atoms with Gasteiger partial charge >= 0.3 is 0 Å². The fourth-order valence-electron chi connectivity index (χ4n) is 2.67. The molecule has 20 heavy (non-hydrogen) atoms. The van der Waals surface area contributed by atoms with Gasteiger partial charge in [0.25, 0.3) is 0 Å². The zero-order valence-corrected chi connectivity index (χ0v) is 13.0. The molecule has 2 N–H and O–H groups in total. The van der Waals surface area contributed by atoms with E-state index in [2.05, 4.69) is 50.5 Å². The van der Waals surface area contributed by atoms with Gasteiger partial charge in [0.1, 0.15) is 0 Å². The molecular formula is C17H26N2O. The van der Waals surface area contributed by atoms with Gasteiger partial charge in [-0.15, -0.1) is 0 Å². The summed E-state index contributed by atoms with van der Waals surface area (Å²) in [6, 6.07) is 8.47. The van der Waals surface area contributed by atoms with Crippen LogP contribution in [0.15, 0.2) is 24.3 Å². The number of benzene rings is 1. The Morgan fingerprint density at radius 2 is 2.05 bits per heavy atom. The molecule has 0 spiro atoms. The molecule has 3 heteroatoms. The van der Waals surface area contributed by atoms with Crippen LogP contribution < -0.4 is 10.6 Å². The van der Waals surface area contributed by atoms with Crippen molar-refractivity contribution in [3.63, 3.8) is 0 Å². The summed E-state index contributed by atoms with van der Waals surface area (Å²) < 4.78 is 0. The number of carbonyl (C=O) groups is 1. The molecular weight excluding hydrogens is 248 g/mol. The lowest BCUT2D eigenvalue weighted by atomic mass is 9.86. The number of amides is 1. The van der Waals surface area contributed by atoms with Crippen molar-refractivity contribution in [3.05, 3.63) is 29.8 Å². The minimum Gasteiger partial charge on any atom is -0.382 e. The van der Waals surface area contributed by atoms with Gasteiger partial charge in [0.2, 0.25) is 5.91 Å². The molecule has 0 saturated heterocycles. The van der Waals surface area contributed by atoms with Gasteiger partial charge in [-0.2, -0.15) is 0 Å². The number of para-hydroxylation sites is 1. The molecule has 0 bridgehead atoms. The Kier molecular flexibility index (Phi) is 4.36. The highest BCUT2D eigenvalue weighted by Gasteiger charge is 2.29. The molecule has 2 atom stereocenters. The molecule has 0 radical (unpaired) electrons. The molecule has 0 aliphatic carbocycles. The first-order valence-corrected chi connectivity index (χ1v) is 7.50. The number of hydrogen-bond acceptors (Lipinski definition) is 2. The summed E-state index contributed by atoms with van der Waals surface area (Å²) in [5, 5.41) is 6.55. The Morgan fingerprint density at radius 1 is 1.35 bits per heavy atom. The zero-order chi connectivity index (χ0) is 14.8. The van der Waals surface area contributed by atoms with Crippen LogP contribution in [-0.4, -0.2) is 18.5 Å². The maximum atomic E-state index is 12.5. The summed E-state index contributed by atoms with van der Waals surface area (Å²) in [7, 11) is 0. The van der Waals surface area contributed by atoms with E-state index in [9.17, 15) is 4.79 Å². The Hall–Kier alpha value is -1.51. The minimum absolute atomic E-state index is 0.0255. The van der Waals surface area contributed by atoms with Gasteiger partial charge in [-0.25, -0.2) is 0 Å². The predicted molar refractivity (Wildman–Crippen MR) is 84.0 cm³/mol. The van der Waals surface area contributed by atoms with E-state index in [-0.39, 0.29) is 17.2 Å². The van der Waals surface area contributed by atoms with E-state index in [1.807, 2.05) is 12.1 Å². The van der Waals surface area contributed by atoms with Crippen LogP contribution in [0.25, 0.3) is 0 Å². The first kappa shape index (κ1) is 14.9. The lowest BCUT2D eigenvalue weighted by Gasteiger charge is -2.30. The minimum atomic E-state index is -0.0255. The first-order valence-electron chi connectivity index (χ1n) is 7.50. The Morgan fingerprint density at radius 3 is 2.75 bits per heavy atom. The molecule has 2 unspecified atom stereocenters. The van der Waals surface area contributed by atoms with Gasteiger partial charge in [0.05, 0.1) is 5.92 Å². The average molecular weight is 274 g/mol. The second-order valence-corrected chi connectivity index (χ2v) is 7.02. The van der Waals surface area contributed by atoms with Crippen molar-refractivity contribution in [2.24, 2.45) is 5.41 Å². The molecule has 1 heterocycles.